The standard InChI is InChI=1S/C19H21N3OS/c1-12-20-11-15-16(21-12)7-4-8-17(15)22-19(23)18-14-6-3-2-5-13(14)9-10-24-18/h2-3,5-6,11,17-18H,4,7-10H2,1H3,(H,22,23)/t17-,18+/m0/s1. The zero-order chi connectivity index (χ0) is 16.5. The number of benzene rings is 1. The molecule has 0 bridgehead atoms. The zero-order valence-corrected chi connectivity index (χ0v) is 14.6. The Morgan fingerprint density at radius 3 is 3.04 bits per heavy atom. The lowest BCUT2D eigenvalue weighted by Gasteiger charge is -2.29. The lowest BCUT2D eigenvalue weighted by atomic mass is 9.92. The molecule has 1 aliphatic heterocycles. The largest absolute Gasteiger partial charge is 0.348 e. The molecule has 124 valence electrons. The molecule has 0 radical (unpaired) electrons. The van der Waals surface area contributed by atoms with Crippen LogP contribution in [0.1, 0.15) is 52.3 Å². The van der Waals surface area contributed by atoms with Crippen molar-refractivity contribution in [2.75, 3.05) is 5.75 Å². The van der Waals surface area contributed by atoms with Crippen molar-refractivity contribution in [3.05, 3.63) is 58.7 Å². The van der Waals surface area contributed by atoms with Crippen LogP contribution in [0.15, 0.2) is 30.5 Å². The summed E-state index contributed by atoms with van der Waals surface area (Å²) in [4.78, 5) is 21.8. The molecule has 2 atom stereocenters. The lowest BCUT2D eigenvalue weighted by Crippen LogP contribution is -2.35. The van der Waals surface area contributed by atoms with Gasteiger partial charge in [0.1, 0.15) is 11.1 Å². The molecular weight excluding hydrogens is 318 g/mol. The van der Waals surface area contributed by atoms with E-state index in [4.69, 9.17) is 0 Å². The second-order valence-corrected chi connectivity index (χ2v) is 7.69. The minimum absolute atomic E-state index is 0.0385. The van der Waals surface area contributed by atoms with Gasteiger partial charge >= 0.3 is 0 Å². The molecule has 0 unspecified atom stereocenters. The Balaban J connectivity index is 1.56. The summed E-state index contributed by atoms with van der Waals surface area (Å²) in [5.41, 5.74) is 4.66. The third-order valence-corrected chi connectivity index (χ3v) is 6.09. The molecule has 1 amide bonds. The molecule has 0 saturated carbocycles. The van der Waals surface area contributed by atoms with Gasteiger partial charge in [0.2, 0.25) is 5.91 Å². The van der Waals surface area contributed by atoms with E-state index in [0.29, 0.717) is 0 Å². The van der Waals surface area contributed by atoms with Crippen LogP contribution in [0, 0.1) is 6.92 Å². The van der Waals surface area contributed by atoms with Gasteiger partial charge in [0.15, 0.2) is 0 Å². The second kappa shape index (κ2) is 6.55. The highest BCUT2D eigenvalue weighted by molar-refractivity contribution is 8.00. The number of nitrogens with one attached hydrogen (secondary N) is 1. The Hall–Kier alpha value is -1.88. The van der Waals surface area contributed by atoms with Crippen LogP contribution in [0.3, 0.4) is 0 Å². The molecule has 0 saturated heterocycles. The molecule has 4 rings (SSSR count). The molecule has 24 heavy (non-hydrogen) atoms. The number of aromatic nitrogens is 2. The van der Waals surface area contributed by atoms with Gasteiger partial charge in [-0.1, -0.05) is 24.3 Å². The Kier molecular flexibility index (Phi) is 4.27. The monoisotopic (exact) mass is 339 g/mol. The maximum absolute atomic E-state index is 12.9. The third-order valence-electron chi connectivity index (χ3n) is 4.85. The van der Waals surface area contributed by atoms with Gasteiger partial charge in [-0.15, -0.1) is 11.8 Å². The molecule has 2 aromatic rings. The topological polar surface area (TPSA) is 54.9 Å². The number of thioether (sulfide) groups is 1. The summed E-state index contributed by atoms with van der Waals surface area (Å²) in [6.07, 6.45) is 5.94. The fourth-order valence-electron chi connectivity index (χ4n) is 3.66. The highest BCUT2D eigenvalue weighted by Gasteiger charge is 2.30. The second-order valence-electron chi connectivity index (χ2n) is 6.47. The molecular formula is C19H21N3OS. The molecule has 1 aromatic carbocycles. The fourth-order valence-corrected chi connectivity index (χ4v) is 4.86. The fraction of sp³-hybridized carbons (Fsp3) is 0.421. The highest BCUT2D eigenvalue weighted by Crippen LogP contribution is 2.38. The first-order valence-corrected chi connectivity index (χ1v) is 9.59. The molecule has 1 aliphatic carbocycles. The molecule has 1 aromatic heterocycles. The van der Waals surface area contributed by atoms with Crippen molar-refractivity contribution < 1.29 is 4.79 Å². The van der Waals surface area contributed by atoms with Gasteiger partial charge in [-0.25, -0.2) is 9.97 Å². The van der Waals surface area contributed by atoms with Crippen molar-refractivity contribution in [1.82, 2.24) is 15.3 Å². The van der Waals surface area contributed by atoms with E-state index in [-0.39, 0.29) is 17.2 Å². The summed E-state index contributed by atoms with van der Waals surface area (Å²) in [5, 5.41) is 3.16. The van der Waals surface area contributed by atoms with Crippen LogP contribution < -0.4 is 5.32 Å². The third kappa shape index (κ3) is 2.93. The predicted molar refractivity (Wildman–Crippen MR) is 95.9 cm³/mol. The van der Waals surface area contributed by atoms with Crippen LogP contribution in [0.5, 0.6) is 0 Å². The summed E-state index contributed by atoms with van der Waals surface area (Å²) in [6.45, 7) is 1.91. The van der Waals surface area contributed by atoms with Gasteiger partial charge in [-0.2, -0.15) is 0 Å². The van der Waals surface area contributed by atoms with E-state index in [1.54, 1.807) is 11.8 Å². The van der Waals surface area contributed by atoms with Gasteiger partial charge in [0.05, 0.1) is 6.04 Å². The van der Waals surface area contributed by atoms with Gasteiger partial charge < -0.3 is 5.32 Å². The first-order chi connectivity index (χ1) is 11.7. The van der Waals surface area contributed by atoms with Crippen LogP contribution in [0.4, 0.5) is 0 Å². The molecule has 2 heterocycles. The van der Waals surface area contributed by atoms with Crippen molar-refractivity contribution in [2.24, 2.45) is 0 Å². The Morgan fingerprint density at radius 2 is 2.12 bits per heavy atom. The number of nitrogens with zero attached hydrogens (tertiary/aromatic N) is 2. The highest BCUT2D eigenvalue weighted by atomic mass is 32.2. The zero-order valence-electron chi connectivity index (χ0n) is 13.8. The molecule has 2 aliphatic rings. The van der Waals surface area contributed by atoms with Crippen molar-refractivity contribution in [1.29, 1.82) is 0 Å². The normalized spacial score (nSPS) is 22.4. The van der Waals surface area contributed by atoms with Gasteiger partial charge in [-0.3, -0.25) is 4.79 Å². The number of carbonyl (C=O) groups excluding carboxylic acids is 1. The number of aryl methyl sites for hydroxylation is 3. The summed E-state index contributed by atoms with van der Waals surface area (Å²) >= 11 is 1.74. The van der Waals surface area contributed by atoms with Crippen LogP contribution >= 0.6 is 11.8 Å². The smallest absolute Gasteiger partial charge is 0.238 e. The van der Waals surface area contributed by atoms with E-state index in [2.05, 4.69) is 33.5 Å². The molecule has 5 heteroatoms. The summed E-state index contributed by atoms with van der Waals surface area (Å²) in [7, 11) is 0. The van der Waals surface area contributed by atoms with E-state index in [1.165, 1.54) is 11.1 Å². The Labute approximate surface area is 146 Å². The van der Waals surface area contributed by atoms with Gasteiger partial charge in [-0.05, 0) is 49.5 Å². The summed E-state index contributed by atoms with van der Waals surface area (Å²) in [6, 6.07) is 8.35. The number of rotatable bonds is 2. The lowest BCUT2D eigenvalue weighted by molar-refractivity contribution is -0.121. The number of hydrogen-bond donors (Lipinski definition) is 1. The summed E-state index contributed by atoms with van der Waals surface area (Å²) in [5.74, 6) is 1.92. The van der Waals surface area contributed by atoms with Crippen LogP contribution in [0.2, 0.25) is 0 Å². The maximum Gasteiger partial charge on any atom is 0.238 e. The van der Waals surface area contributed by atoms with Gasteiger partial charge in [0, 0.05) is 17.5 Å². The maximum atomic E-state index is 12.9. The number of carbonyl (C=O) groups is 1. The van der Waals surface area contributed by atoms with Crippen LogP contribution in [-0.4, -0.2) is 21.6 Å². The van der Waals surface area contributed by atoms with Crippen molar-refractivity contribution in [2.45, 2.75) is 43.9 Å². The first-order valence-electron chi connectivity index (χ1n) is 8.54. The minimum Gasteiger partial charge on any atom is -0.348 e. The quantitative estimate of drug-likeness (QED) is 0.912. The number of fused-ring (bicyclic) bond motifs is 2. The van der Waals surface area contributed by atoms with E-state index in [9.17, 15) is 4.79 Å². The van der Waals surface area contributed by atoms with E-state index >= 15 is 0 Å². The van der Waals surface area contributed by atoms with Crippen molar-refractivity contribution in [3.8, 4) is 0 Å². The van der Waals surface area contributed by atoms with Crippen molar-refractivity contribution >= 4 is 17.7 Å². The number of amides is 1. The van der Waals surface area contributed by atoms with E-state index in [1.807, 2.05) is 19.2 Å². The average Bonchev–Trinajstić information content (AvgIpc) is 2.61. The molecule has 4 nitrogen and oxygen atoms in total. The number of hydrogen-bond acceptors (Lipinski definition) is 4. The van der Waals surface area contributed by atoms with Crippen LogP contribution in [-0.2, 0) is 17.6 Å². The molecule has 0 spiro atoms. The minimum atomic E-state index is -0.105. The van der Waals surface area contributed by atoms with Crippen molar-refractivity contribution in [3.63, 3.8) is 0 Å². The first kappa shape index (κ1) is 15.6. The Bertz CT molecular complexity index is 777. The van der Waals surface area contributed by atoms with E-state index in [0.717, 1.165) is 48.5 Å². The SMILES string of the molecule is Cc1ncc2c(n1)CCC[C@@H]2NC(=O)[C@@H]1SCCc2ccccc21. The van der Waals surface area contributed by atoms with Crippen LogP contribution in [0.25, 0.3) is 0 Å². The van der Waals surface area contributed by atoms with Gasteiger partial charge in [0.25, 0.3) is 0 Å². The average molecular weight is 339 g/mol. The predicted octanol–water partition coefficient (Wildman–Crippen LogP) is 3.31. The molecule has 1 N–H and O–H groups in total. The molecule has 0 fully saturated rings. The van der Waals surface area contributed by atoms with E-state index < -0.39 is 0 Å². The Morgan fingerprint density at radius 1 is 1.25 bits per heavy atom. The summed E-state index contributed by atoms with van der Waals surface area (Å²) < 4.78 is 0.